The van der Waals surface area contributed by atoms with E-state index in [0.717, 1.165) is 31.0 Å². The molecule has 106 valence electrons. The van der Waals surface area contributed by atoms with Crippen LogP contribution < -0.4 is 14.8 Å². The summed E-state index contributed by atoms with van der Waals surface area (Å²) >= 11 is 0. The van der Waals surface area contributed by atoms with Crippen LogP contribution in [0.3, 0.4) is 0 Å². The smallest absolute Gasteiger partial charge is 0.161 e. The van der Waals surface area contributed by atoms with Gasteiger partial charge in [0.05, 0.1) is 19.3 Å². The summed E-state index contributed by atoms with van der Waals surface area (Å²) < 4.78 is 16.9. The van der Waals surface area contributed by atoms with Gasteiger partial charge in [-0.2, -0.15) is 0 Å². The topological polar surface area (TPSA) is 39.7 Å². The Morgan fingerprint density at radius 1 is 1.21 bits per heavy atom. The second kappa shape index (κ2) is 6.78. The molecule has 1 fully saturated rings. The van der Waals surface area contributed by atoms with Crippen LogP contribution in [0.2, 0.25) is 0 Å². The average molecular weight is 265 g/mol. The van der Waals surface area contributed by atoms with Gasteiger partial charge in [0.1, 0.15) is 6.61 Å². The first-order chi connectivity index (χ1) is 9.23. The van der Waals surface area contributed by atoms with E-state index < -0.39 is 0 Å². The highest BCUT2D eigenvalue weighted by atomic mass is 16.5. The zero-order valence-electron chi connectivity index (χ0n) is 11.8. The fraction of sp³-hybridized carbons (Fsp3) is 0.600. The van der Waals surface area contributed by atoms with Crippen LogP contribution in [0.5, 0.6) is 11.5 Å². The van der Waals surface area contributed by atoms with Gasteiger partial charge in [0.2, 0.25) is 0 Å². The Morgan fingerprint density at radius 2 is 2.00 bits per heavy atom. The minimum atomic E-state index is -0.0532. The van der Waals surface area contributed by atoms with Crippen molar-refractivity contribution in [3.05, 3.63) is 24.3 Å². The maximum absolute atomic E-state index is 5.94. The maximum atomic E-state index is 5.94. The predicted molar refractivity (Wildman–Crippen MR) is 74.9 cm³/mol. The van der Waals surface area contributed by atoms with Gasteiger partial charge < -0.3 is 19.5 Å². The molecule has 0 radical (unpaired) electrons. The third-order valence-corrected chi connectivity index (χ3v) is 3.42. The van der Waals surface area contributed by atoms with E-state index in [-0.39, 0.29) is 5.60 Å². The van der Waals surface area contributed by atoms with E-state index in [4.69, 9.17) is 14.2 Å². The first-order valence-electron chi connectivity index (χ1n) is 6.84. The summed E-state index contributed by atoms with van der Waals surface area (Å²) in [6.45, 7) is 5.30. The Morgan fingerprint density at radius 3 is 2.68 bits per heavy atom. The standard InChI is InChI=1S/C15H23NO3/c1-15(8-5-9-16-12-15)19-11-10-18-14-7-4-3-6-13(14)17-2/h3-4,6-7,16H,5,8-12H2,1-2H3. The number of methoxy groups -OCH3 is 1. The van der Waals surface area contributed by atoms with E-state index in [1.54, 1.807) is 7.11 Å². The minimum absolute atomic E-state index is 0.0532. The third-order valence-electron chi connectivity index (χ3n) is 3.42. The summed E-state index contributed by atoms with van der Waals surface area (Å²) in [5, 5.41) is 3.37. The lowest BCUT2D eigenvalue weighted by Gasteiger charge is -2.34. The first-order valence-corrected chi connectivity index (χ1v) is 6.84. The van der Waals surface area contributed by atoms with Crippen LogP contribution in [0.15, 0.2) is 24.3 Å². The van der Waals surface area contributed by atoms with Crippen molar-refractivity contribution < 1.29 is 14.2 Å². The third kappa shape index (κ3) is 4.11. The molecule has 0 aromatic heterocycles. The number of benzene rings is 1. The maximum Gasteiger partial charge on any atom is 0.161 e. The molecule has 1 aliphatic rings. The average Bonchev–Trinajstić information content (AvgIpc) is 2.45. The Kier molecular flexibility index (Phi) is 5.05. The molecule has 0 spiro atoms. The normalized spacial score (nSPS) is 23.1. The van der Waals surface area contributed by atoms with Crippen LogP contribution in [0.1, 0.15) is 19.8 Å². The summed E-state index contributed by atoms with van der Waals surface area (Å²) in [6, 6.07) is 7.66. The van der Waals surface area contributed by atoms with Crippen LogP contribution in [-0.2, 0) is 4.74 Å². The molecule has 4 nitrogen and oxygen atoms in total. The highest BCUT2D eigenvalue weighted by Crippen LogP contribution is 2.26. The molecule has 4 heteroatoms. The lowest BCUT2D eigenvalue weighted by Crippen LogP contribution is -2.45. The molecule has 1 N–H and O–H groups in total. The van der Waals surface area contributed by atoms with Gasteiger partial charge in [0.25, 0.3) is 0 Å². The lowest BCUT2D eigenvalue weighted by atomic mass is 9.96. The van der Waals surface area contributed by atoms with Gasteiger partial charge in [-0.1, -0.05) is 12.1 Å². The minimum Gasteiger partial charge on any atom is -0.493 e. The molecule has 0 bridgehead atoms. The monoisotopic (exact) mass is 265 g/mol. The molecule has 2 rings (SSSR count). The van der Waals surface area contributed by atoms with Gasteiger partial charge in [-0.3, -0.25) is 0 Å². The largest absolute Gasteiger partial charge is 0.493 e. The molecule has 1 saturated heterocycles. The molecule has 0 saturated carbocycles. The Labute approximate surface area is 115 Å². The molecule has 1 unspecified atom stereocenters. The summed E-state index contributed by atoms with van der Waals surface area (Å²) in [5.74, 6) is 1.52. The number of piperidine rings is 1. The quantitative estimate of drug-likeness (QED) is 0.801. The van der Waals surface area contributed by atoms with E-state index in [1.165, 1.54) is 6.42 Å². The molecule has 1 aromatic carbocycles. The second-order valence-electron chi connectivity index (χ2n) is 5.08. The van der Waals surface area contributed by atoms with Crippen molar-refractivity contribution in [2.24, 2.45) is 0 Å². The molecule has 0 aliphatic carbocycles. The molecule has 1 aromatic rings. The van der Waals surface area contributed by atoms with Gasteiger partial charge in [-0.15, -0.1) is 0 Å². The number of hydrogen-bond donors (Lipinski definition) is 1. The van der Waals surface area contributed by atoms with Crippen LogP contribution in [-0.4, -0.2) is 39.0 Å². The number of hydrogen-bond acceptors (Lipinski definition) is 4. The molecule has 1 heterocycles. The summed E-state index contributed by atoms with van der Waals surface area (Å²) in [4.78, 5) is 0. The van der Waals surface area contributed by atoms with Crippen molar-refractivity contribution in [2.75, 3.05) is 33.4 Å². The van der Waals surface area contributed by atoms with Crippen molar-refractivity contribution in [3.8, 4) is 11.5 Å². The fourth-order valence-electron chi connectivity index (χ4n) is 2.33. The van der Waals surface area contributed by atoms with E-state index in [9.17, 15) is 0 Å². The number of ether oxygens (including phenoxy) is 3. The van der Waals surface area contributed by atoms with E-state index in [2.05, 4.69) is 12.2 Å². The van der Waals surface area contributed by atoms with Gasteiger partial charge in [0.15, 0.2) is 11.5 Å². The van der Waals surface area contributed by atoms with Gasteiger partial charge in [-0.25, -0.2) is 0 Å². The molecule has 19 heavy (non-hydrogen) atoms. The fourth-order valence-corrected chi connectivity index (χ4v) is 2.33. The molecular weight excluding hydrogens is 242 g/mol. The van der Waals surface area contributed by atoms with Gasteiger partial charge >= 0.3 is 0 Å². The van der Waals surface area contributed by atoms with Crippen molar-refractivity contribution in [1.82, 2.24) is 5.32 Å². The highest BCUT2D eigenvalue weighted by Gasteiger charge is 2.27. The number of rotatable bonds is 6. The van der Waals surface area contributed by atoms with Gasteiger partial charge in [-0.05, 0) is 38.4 Å². The molecule has 1 aliphatic heterocycles. The number of para-hydroxylation sites is 2. The SMILES string of the molecule is COc1ccccc1OCCOC1(C)CCCNC1. The Bertz CT molecular complexity index is 389. The summed E-state index contributed by atoms with van der Waals surface area (Å²) in [7, 11) is 1.65. The van der Waals surface area contributed by atoms with Crippen molar-refractivity contribution in [1.29, 1.82) is 0 Å². The van der Waals surface area contributed by atoms with Crippen LogP contribution in [0, 0.1) is 0 Å². The zero-order valence-corrected chi connectivity index (χ0v) is 11.8. The van der Waals surface area contributed by atoms with Crippen molar-refractivity contribution >= 4 is 0 Å². The zero-order chi connectivity index (χ0) is 13.6. The highest BCUT2D eigenvalue weighted by molar-refractivity contribution is 5.39. The van der Waals surface area contributed by atoms with E-state index in [1.807, 2.05) is 24.3 Å². The second-order valence-corrected chi connectivity index (χ2v) is 5.08. The van der Waals surface area contributed by atoms with Gasteiger partial charge in [0, 0.05) is 6.54 Å². The first kappa shape index (κ1) is 14.2. The summed E-state index contributed by atoms with van der Waals surface area (Å²) in [6.07, 6.45) is 2.28. The van der Waals surface area contributed by atoms with Crippen LogP contribution in [0.25, 0.3) is 0 Å². The van der Waals surface area contributed by atoms with E-state index >= 15 is 0 Å². The molecule has 0 amide bonds. The molecule has 1 atom stereocenters. The van der Waals surface area contributed by atoms with Crippen molar-refractivity contribution in [2.45, 2.75) is 25.4 Å². The Balaban J connectivity index is 1.74. The van der Waals surface area contributed by atoms with E-state index in [0.29, 0.717) is 13.2 Å². The van der Waals surface area contributed by atoms with Crippen LogP contribution >= 0.6 is 0 Å². The lowest BCUT2D eigenvalue weighted by molar-refractivity contribution is -0.0559. The predicted octanol–water partition coefficient (Wildman–Crippen LogP) is 2.23. The summed E-state index contributed by atoms with van der Waals surface area (Å²) in [5.41, 5.74) is -0.0532. The van der Waals surface area contributed by atoms with Crippen LogP contribution in [0.4, 0.5) is 0 Å². The number of nitrogens with one attached hydrogen (secondary N) is 1. The van der Waals surface area contributed by atoms with Crippen molar-refractivity contribution in [3.63, 3.8) is 0 Å². The Hall–Kier alpha value is -1.26. The molecular formula is C15H23NO3.